The zero-order valence-corrected chi connectivity index (χ0v) is 15.4. The van der Waals surface area contributed by atoms with Crippen LogP contribution >= 0.6 is 0 Å². The van der Waals surface area contributed by atoms with E-state index >= 15 is 0 Å². The van der Waals surface area contributed by atoms with Crippen molar-refractivity contribution in [2.45, 2.75) is 78.2 Å². The molecule has 1 aliphatic carbocycles. The van der Waals surface area contributed by atoms with Gasteiger partial charge >= 0.3 is 5.97 Å². The zero-order valence-electron chi connectivity index (χ0n) is 15.4. The number of esters is 1. The molecule has 1 saturated heterocycles. The maximum absolute atomic E-state index is 12.6. The van der Waals surface area contributed by atoms with Crippen molar-refractivity contribution in [3.8, 4) is 0 Å². The molecular formula is C20H28O5. The van der Waals surface area contributed by atoms with Gasteiger partial charge in [-0.25, -0.2) is 0 Å². The molecule has 0 N–H and O–H groups in total. The van der Waals surface area contributed by atoms with Gasteiger partial charge in [-0.2, -0.15) is 0 Å². The third-order valence-corrected chi connectivity index (χ3v) is 5.27. The Hall–Kier alpha value is -1.78. The summed E-state index contributed by atoms with van der Waals surface area (Å²) in [4.78, 5) is 49.3. The first-order valence-corrected chi connectivity index (χ1v) is 9.38. The highest BCUT2D eigenvalue weighted by Crippen LogP contribution is 2.41. The molecule has 0 aromatic carbocycles. The first-order chi connectivity index (χ1) is 11.9. The fraction of sp³-hybridized carbons (Fsp3) is 0.700. The van der Waals surface area contributed by atoms with E-state index in [0.29, 0.717) is 24.8 Å². The molecule has 0 amide bonds. The first kappa shape index (κ1) is 19.5. The van der Waals surface area contributed by atoms with Crippen LogP contribution in [0.25, 0.3) is 0 Å². The van der Waals surface area contributed by atoms with Crippen LogP contribution in [-0.2, 0) is 23.9 Å². The minimum absolute atomic E-state index is 0.0964. The maximum atomic E-state index is 12.6. The summed E-state index contributed by atoms with van der Waals surface area (Å²) in [7, 11) is 0. The molecule has 0 radical (unpaired) electrons. The SMILES string of the molecule is CCCCCC(=O)C1C(=O)OC2C(=O)C(C)=C(CC(=O)CCC)CC21. The van der Waals surface area contributed by atoms with Gasteiger partial charge in [0, 0.05) is 25.2 Å². The van der Waals surface area contributed by atoms with Gasteiger partial charge in [0.15, 0.2) is 11.9 Å². The van der Waals surface area contributed by atoms with Gasteiger partial charge in [-0.1, -0.05) is 32.3 Å². The average Bonchev–Trinajstić information content (AvgIpc) is 2.89. The predicted molar refractivity (Wildman–Crippen MR) is 92.9 cm³/mol. The van der Waals surface area contributed by atoms with Crippen molar-refractivity contribution in [3.05, 3.63) is 11.1 Å². The number of carbonyl (C=O) groups is 4. The number of unbranched alkanes of at least 4 members (excludes halogenated alkanes) is 2. The number of ether oxygens (including phenoxy) is 1. The third-order valence-electron chi connectivity index (χ3n) is 5.27. The first-order valence-electron chi connectivity index (χ1n) is 9.38. The molecule has 3 atom stereocenters. The number of allylic oxidation sites excluding steroid dienone is 1. The smallest absolute Gasteiger partial charge is 0.317 e. The summed E-state index contributed by atoms with van der Waals surface area (Å²) in [5, 5.41) is 0. The van der Waals surface area contributed by atoms with Crippen molar-refractivity contribution in [1.82, 2.24) is 0 Å². The van der Waals surface area contributed by atoms with E-state index in [4.69, 9.17) is 4.74 Å². The molecule has 138 valence electrons. The Morgan fingerprint density at radius 3 is 2.44 bits per heavy atom. The Balaban J connectivity index is 2.16. The van der Waals surface area contributed by atoms with Crippen molar-refractivity contribution >= 4 is 23.3 Å². The molecule has 5 heteroatoms. The molecule has 1 aliphatic heterocycles. The second-order valence-corrected chi connectivity index (χ2v) is 7.18. The molecule has 0 aromatic heterocycles. The van der Waals surface area contributed by atoms with Gasteiger partial charge in [-0.15, -0.1) is 0 Å². The van der Waals surface area contributed by atoms with Crippen LogP contribution in [-0.4, -0.2) is 29.4 Å². The summed E-state index contributed by atoms with van der Waals surface area (Å²) in [6.07, 6.45) is 4.10. The Kier molecular flexibility index (Phi) is 6.68. The topological polar surface area (TPSA) is 77.5 Å². The van der Waals surface area contributed by atoms with Crippen LogP contribution in [0.3, 0.4) is 0 Å². The highest BCUT2D eigenvalue weighted by atomic mass is 16.6. The van der Waals surface area contributed by atoms with Crippen LogP contribution in [0.2, 0.25) is 0 Å². The number of Topliss-reactive ketones (excluding diaryl/α,β-unsaturated/α-hetero) is 3. The Bertz CT molecular complexity index is 601. The van der Waals surface area contributed by atoms with E-state index in [9.17, 15) is 19.2 Å². The van der Waals surface area contributed by atoms with Crippen LogP contribution in [0.1, 0.15) is 72.1 Å². The van der Waals surface area contributed by atoms with Gasteiger partial charge in [-0.3, -0.25) is 19.2 Å². The van der Waals surface area contributed by atoms with E-state index in [-0.39, 0.29) is 23.8 Å². The molecule has 1 fully saturated rings. The molecule has 0 aromatic rings. The number of rotatable bonds is 9. The summed E-state index contributed by atoms with van der Waals surface area (Å²) in [6, 6.07) is 0. The van der Waals surface area contributed by atoms with Gasteiger partial charge in [0.1, 0.15) is 17.5 Å². The molecule has 3 unspecified atom stereocenters. The lowest BCUT2D eigenvalue weighted by Crippen LogP contribution is -2.37. The molecule has 2 aliphatic rings. The summed E-state index contributed by atoms with van der Waals surface area (Å²) in [5.41, 5.74) is 1.30. The molecule has 0 spiro atoms. The maximum Gasteiger partial charge on any atom is 0.317 e. The molecule has 1 heterocycles. The van der Waals surface area contributed by atoms with Gasteiger partial charge < -0.3 is 4.74 Å². The van der Waals surface area contributed by atoms with E-state index in [1.165, 1.54) is 0 Å². The quantitative estimate of drug-likeness (QED) is 0.363. The Labute approximate surface area is 149 Å². The van der Waals surface area contributed by atoms with Crippen LogP contribution in [0.4, 0.5) is 0 Å². The van der Waals surface area contributed by atoms with Crippen molar-refractivity contribution < 1.29 is 23.9 Å². The van der Waals surface area contributed by atoms with Crippen LogP contribution in [0.5, 0.6) is 0 Å². The molecular weight excluding hydrogens is 320 g/mol. The number of carbonyl (C=O) groups excluding carboxylic acids is 4. The lowest BCUT2D eigenvalue weighted by Gasteiger charge is -2.27. The van der Waals surface area contributed by atoms with Gasteiger partial charge in [-0.05, 0) is 31.8 Å². The standard InChI is InChI=1S/C20H28O5/c1-4-6-7-9-16(22)17-15-11-13(10-14(21)8-5-2)12(3)18(23)19(15)25-20(17)24/h15,17,19H,4-11H2,1-3H3. The van der Waals surface area contributed by atoms with Crippen molar-refractivity contribution in [2.75, 3.05) is 0 Å². The zero-order chi connectivity index (χ0) is 18.6. The monoisotopic (exact) mass is 348 g/mol. The lowest BCUT2D eigenvalue weighted by molar-refractivity contribution is -0.150. The third kappa shape index (κ3) is 4.25. The molecule has 5 nitrogen and oxygen atoms in total. The predicted octanol–water partition coefficient (Wildman–Crippen LogP) is 3.34. The van der Waals surface area contributed by atoms with Crippen LogP contribution in [0, 0.1) is 11.8 Å². The summed E-state index contributed by atoms with van der Waals surface area (Å²) in [6.45, 7) is 5.68. The highest BCUT2D eigenvalue weighted by molar-refractivity contribution is 6.08. The van der Waals surface area contributed by atoms with E-state index in [0.717, 1.165) is 31.3 Å². The van der Waals surface area contributed by atoms with Crippen molar-refractivity contribution in [3.63, 3.8) is 0 Å². The van der Waals surface area contributed by atoms with E-state index in [1.54, 1.807) is 6.92 Å². The molecule has 0 saturated carbocycles. The van der Waals surface area contributed by atoms with Crippen molar-refractivity contribution in [2.24, 2.45) is 11.8 Å². The lowest BCUT2D eigenvalue weighted by atomic mass is 9.73. The normalized spacial score (nSPS) is 25.8. The Morgan fingerprint density at radius 1 is 1.08 bits per heavy atom. The minimum Gasteiger partial charge on any atom is -0.453 e. The van der Waals surface area contributed by atoms with E-state index in [2.05, 4.69) is 6.92 Å². The summed E-state index contributed by atoms with van der Waals surface area (Å²) in [5.74, 6) is -2.14. The summed E-state index contributed by atoms with van der Waals surface area (Å²) < 4.78 is 5.26. The minimum atomic E-state index is -0.852. The molecule has 0 bridgehead atoms. The van der Waals surface area contributed by atoms with Crippen LogP contribution < -0.4 is 0 Å². The van der Waals surface area contributed by atoms with Crippen molar-refractivity contribution in [1.29, 1.82) is 0 Å². The Morgan fingerprint density at radius 2 is 1.80 bits per heavy atom. The van der Waals surface area contributed by atoms with Gasteiger partial charge in [0.05, 0.1) is 0 Å². The largest absolute Gasteiger partial charge is 0.453 e. The molecule has 2 rings (SSSR count). The van der Waals surface area contributed by atoms with E-state index < -0.39 is 23.9 Å². The number of ketones is 3. The number of hydrogen-bond acceptors (Lipinski definition) is 5. The fourth-order valence-corrected chi connectivity index (χ4v) is 3.82. The second-order valence-electron chi connectivity index (χ2n) is 7.18. The number of fused-ring (bicyclic) bond motifs is 1. The highest BCUT2D eigenvalue weighted by Gasteiger charge is 2.53. The average molecular weight is 348 g/mol. The molecule has 25 heavy (non-hydrogen) atoms. The van der Waals surface area contributed by atoms with Gasteiger partial charge in [0.2, 0.25) is 0 Å². The van der Waals surface area contributed by atoms with Crippen LogP contribution in [0.15, 0.2) is 11.1 Å². The van der Waals surface area contributed by atoms with E-state index in [1.807, 2.05) is 6.92 Å². The summed E-state index contributed by atoms with van der Waals surface area (Å²) >= 11 is 0. The van der Waals surface area contributed by atoms with Gasteiger partial charge in [0.25, 0.3) is 0 Å². The fourth-order valence-electron chi connectivity index (χ4n) is 3.82. The second kappa shape index (κ2) is 8.54. The number of hydrogen-bond donors (Lipinski definition) is 0.